The molecule has 2 aromatic rings. The van der Waals surface area contributed by atoms with Crippen molar-refractivity contribution in [1.29, 1.82) is 0 Å². The molecule has 1 saturated heterocycles. The molecule has 124 valence electrons. The number of hydrogen-bond acceptors (Lipinski definition) is 5. The summed E-state index contributed by atoms with van der Waals surface area (Å²) >= 11 is 0. The fraction of sp³-hybridized carbons (Fsp3) is 0.294. The van der Waals surface area contributed by atoms with Crippen LogP contribution in [0.2, 0.25) is 0 Å². The van der Waals surface area contributed by atoms with Crippen molar-refractivity contribution in [3.05, 3.63) is 54.0 Å². The second kappa shape index (κ2) is 5.36. The third-order valence-electron chi connectivity index (χ3n) is 4.56. The number of benzene rings is 1. The first kappa shape index (κ1) is 14.7. The van der Waals surface area contributed by atoms with Crippen LogP contribution in [-0.4, -0.2) is 41.6 Å². The molecule has 4 rings (SSSR count). The highest BCUT2D eigenvalue weighted by Crippen LogP contribution is 2.36. The Kier molecular flexibility index (Phi) is 3.30. The molecule has 0 aliphatic carbocycles. The Morgan fingerprint density at radius 3 is 2.96 bits per heavy atom. The Labute approximate surface area is 138 Å². The SMILES string of the molecule is NC1=NC2(CCN(C(=O)c3ccco3)CC2F)Nc2ccccc21. The molecule has 2 aliphatic heterocycles. The van der Waals surface area contributed by atoms with Crippen LogP contribution >= 0.6 is 0 Å². The number of furan rings is 1. The van der Waals surface area contributed by atoms with Crippen LogP contribution in [0.3, 0.4) is 0 Å². The minimum Gasteiger partial charge on any atom is -0.459 e. The Morgan fingerprint density at radius 1 is 1.38 bits per heavy atom. The lowest BCUT2D eigenvalue weighted by Gasteiger charge is -2.44. The molecule has 2 unspecified atom stereocenters. The van der Waals surface area contributed by atoms with Crippen LogP contribution in [0.25, 0.3) is 0 Å². The first-order chi connectivity index (χ1) is 11.6. The topological polar surface area (TPSA) is 83.9 Å². The van der Waals surface area contributed by atoms with E-state index < -0.39 is 11.8 Å². The number of nitrogens with zero attached hydrogens (tertiary/aromatic N) is 2. The lowest BCUT2D eigenvalue weighted by atomic mass is 9.92. The second-order valence-electron chi connectivity index (χ2n) is 6.04. The molecule has 2 atom stereocenters. The number of alkyl halides is 1. The van der Waals surface area contributed by atoms with Crippen molar-refractivity contribution < 1.29 is 13.6 Å². The van der Waals surface area contributed by atoms with E-state index in [0.717, 1.165) is 11.3 Å². The van der Waals surface area contributed by atoms with E-state index >= 15 is 0 Å². The van der Waals surface area contributed by atoms with E-state index in [2.05, 4.69) is 10.3 Å². The van der Waals surface area contributed by atoms with Gasteiger partial charge in [0.05, 0.1) is 12.8 Å². The highest BCUT2D eigenvalue weighted by molar-refractivity contribution is 6.04. The number of halogens is 1. The van der Waals surface area contributed by atoms with Crippen LogP contribution in [0.4, 0.5) is 10.1 Å². The fourth-order valence-electron chi connectivity index (χ4n) is 3.26. The Hall–Kier alpha value is -2.83. The van der Waals surface area contributed by atoms with E-state index in [1.165, 1.54) is 11.2 Å². The van der Waals surface area contributed by atoms with Crippen molar-refractivity contribution >= 4 is 17.4 Å². The molecule has 1 spiro atoms. The number of nitrogens with one attached hydrogen (secondary N) is 1. The zero-order valence-corrected chi connectivity index (χ0v) is 12.9. The number of amides is 1. The average molecular weight is 328 g/mol. The summed E-state index contributed by atoms with van der Waals surface area (Å²) in [6.07, 6.45) is 0.378. The smallest absolute Gasteiger partial charge is 0.289 e. The lowest BCUT2D eigenvalue weighted by Crippen LogP contribution is -2.59. The predicted molar refractivity (Wildman–Crippen MR) is 87.6 cm³/mol. The number of anilines is 1. The van der Waals surface area contributed by atoms with Gasteiger partial charge in [-0.2, -0.15) is 0 Å². The maximum Gasteiger partial charge on any atom is 0.289 e. The molecule has 1 fully saturated rings. The molecule has 1 aromatic carbocycles. The van der Waals surface area contributed by atoms with E-state index in [0.29, 0.717) is 18.8 Å². The fourth-order valence-corrected chi connectivity index (χ4v) is 3.26. The van der Waals surface area contributed by atoms with Gasteiger partial charge in [0, 0.05) is 24.2 Å². The van der Waals surface area contributed by atoms with Gasteiger partial charge in [0.2, 0.25) is 0 Å². The predicted octanol–water partition coefficient (Wildman–Crippen LogP) is 1.99. The highest BCUT2D eigenvalue weighted by Gasteiger charge is 2.47. The summed E-state index contributed by atoms with van der Waals surface area (Å²) in [4.78, 5) is 18.2. The molecular weight excluding hydrogens is 311 g/mol. The van der Waals surface area contributed by atoms with Crippen LogP contribution < -0.4 is 11.1 Å². The van der Waals surface area contributed by atoms with Crippen molar-refractivity contribution in [2.75, 3.05) is 18.4 Å². The molecule has 1 amide bonds. The minimum atomic E-state index is -1.38. The van der Waals surface area contributed by atoms with E-state index in [9.17, 15) is 9.18 Å². The summed E-state index contributed by atoms with van der Waals surface area (Å²) in [5.41, 5.74) is 6.44. The molecule has 0 radical (unpaired) electrons. The summed E-state index contributed by atoms with van der Waals surface area (Å²) in [6.45, 7) is 0.303. The standard InChI is InChI=1S/C17H17FN4O2/c18-14-10-22(16(23)13-6-3-9-24-13)8-7-17(14)20-12-5-2-1-4-11(12)15(19)21-17/h1-6,9,14,20H,7-8,10H2,(H2,19,21). The molecule has 6 nitrogen and oxygen atoms in total. The second-order valence-corrected chi connectivity index (χ2v) is 6.04. The van der Waals surface area contributed by atoms with Crippen molar-refractivity contribution in [1.82, 2.24) is 4.90 Å². The third kappa shape index (κ3) is 2.24. The van der Waals surface area contributed by atoms with Gasteiger partial charge in [0.1, 0.15) is 5.84 Å². The van der Waals surface area contributed by atoms with Crippen LogP contribution in [0.15, 0.2) is 52.1 Å². The van der Waals surface area contributed by atoms with E-state index in [4.69, 9.17) is 10.2 Å². The number of aliphatic imine (C=N–C) groups is 1. The number of fused-ring (bicyclic) bond motifs is 1. The van der Waals surface area contributed by atoms with Crippen LogP contribution in [0.1, 0.15) is 22.5 Å². The van der Waals surface area contributed by atoms with Gasteiger partial charge in [-0.3, -0.25) is 4.79 Å². The monoisotopic (exact) mass is 328 g/mol. The maximum atomic E-state index is 15.0. The van der Waals surface area contributed by atoms with Gasteiger partial charge >= 0.3 is 0 Å². The minimum absolute atomic E-state index is 0.0640. The Balaban J connectivity index is 1.58. The summed E-state index contributed by atoms with van der Waals surface area (Å²) in [5, 5.41) is 3.18. The first-order valence-corrected chi connectivity index (χ1v) is 7.79. The number of hydrogen-bond donors (Lipinski definition) is 2. The van der Waals surface area contributed by atoms with Gasteiger partial charge in [0.15, 0.2) is 17.6 Å². The first-order valence-electron chi connectivity index (χ1n) is 7.79. The number of rotatable bonds is 1. The van der Waals surface area contributed by atoms with Gasteiger partial charge in [-0.15, -0.1) is 0 Å². The van der Waals surface area contributed by atoms with Gasteiger partial charge in [0.25, 0.3) is 5.91 Å². The average Bonchev–Trinajstić information content (AvgIpc) is 3.11. The van der Waals surface area contributed by atoms with Gasteiger partial charge in [-0.05, 0) is 24.3 Å². The third-order valence-corrected chi connectivity index (χ3v) is 4.56. The lowest BCUT2D eigenvalue weighted by molar-refractivity contribution is 0.0467. The molecule has 3 heterocycles. The quantitative estimate of drug-likeness (QED) is 0.838. The Bertz CT molecular complexity index is 805. The number of carbonyl (C=O) groups excluding carboxylic acids is 1. The normalized spacial score (nSPS) is 25.8. The highest BCUT2D eigenvalue weighted by atomic mass is 19.1. The summed E-state index contributed by atoms with van der Waals surface area (Å²) in [7, 11) is 0. The maximum absolute atomic E-state index is 15.0. The van der Waals surface area contributed by atoms with E-state index in [1.807, 2.05) is 24.3 Å². The van der Waals surface area contributed by atoms with Gasteiger partial charge in [-0.1, -0.05) is 12.1 Å². The summed E-state index contributed by atoms with van der Waals surface area (Å²) in [5.74, 6) is 0.214. The number of para-hydroxylation sites is 1. The van der Waals surface area contributed by atoms with Crippen LogP contribution in [0.5, 0.6) is 0 Å². The van der Waals surface area contributed by atoms with Crippen molar-refractivity contribution in [3.63, 3.8) is 0 Å². The van der Waals surface area contributed by atoms with Crippen molar-refractivity contribution in [3.8, 4) is 0 Å². The number of carbonyl (C=O) groups is 1. The van der Waals surface area contributed by atoms with E-state index in [1.54, 1.807) is 12.1 Å². The molecule has 24 heavy (non-hydrogen) atoms. The summed E-state index contributed by atoms with van der Waals surface area (Å²) < 4.78 is 20.1. The molecular formula is C17H17FN4O2. The number of nitrogens with two attached hydrogens (primary N) is 1. The number of piperidine rings is 1. The van der Waals surface area contributed by atoms with Gasteiger partial charge in [-0.25, -0.2) is 9.38 Å². The molecule has 3 N–H and O–H groups in total. The molecule has 7 heteroatoms. The van der Waals surface area contributed by atoms with Crippen LogP contribution in [0, 0.1) is 0 Å². The zero-order chi connectivity index (χ0) is 16.7. The van der Waals surface area contributed by atoms with Crippen molar-refractivity contribution in [2.45, 2.75) is 18.3 Å². The number of amidine groups is 1. The van der Waals surface area contributed by atoms with E-state index in [-0.39, 0.29) is 18.2 Å². The zero-order valence-electron chi connectivity index (χ0n) is 12.9. The number of likely N-dealkylation sites (tertiary alicyclic amines) is 1. The van der Waals surface area contributed by atoms with Crippen molar-refractivity contribution in [2.24, 2.45) is 10.7 Å². The largest absolute Gasteiger partial charge is 0.459 e. The molecule has 1 aromatic heterocycles. The molecule has 0 bridgehead atoms. The van der Waals surface area contributed by atoms with Gasteiger partial charge < -0.3 is 20.4 Å². The molecule has 0 saturated carbocycles. The summed E-state index contributed by atoms with van der Waals surface area (Å²) in [6, 6.07) is 10.6. The molecule has 2 aliphatic rings. The van der Waals surface area contributed by atoms with Crippen LogP contribution in [-0.2, 0) is 0 Å². The Morgan fingerprint density at radius 2 is 2.21 bits per heavy atom.